The van der Waals surface area contributed by atoms with Gasteiger partial charge in [-0.1, -0.05) is 25.1 Å². The van der Waals surface area contributed by atoms with E-state index in [2.05, 4.69) is 30.5 Å². The molecule has 2 heteroatoms. The van der Waals surface area contributed by atoms with Gasteiger partial charge in [-0.2, -0.15) is 0 Å². The first-order valence-electron chi connectivity index (χ1n) is 5.94. The summed E-state index contributed by atoms with van der Waals surface area (Å²) >= 11 is 0. The Morgan fingerprint density at radius 1 is 1.25 bits per heavy atom. The summed E-state index contributed by atoms with van der Waals surface area (Å²) < 4.78 is 0. The average Bonchev–Trinajstić information content (AvgIpc) is 2.29. The Morgan fingerprint density at radius 2 is 1.94 bits per heavy atom. The fraction of sp³-hybridized carbons (Fsp3) is 0.429. The topological polar surface area (TPSA) is 29.3 Å². The molecule has 0 bridgehead atoms. The second kappa shape index (κ2) is 7.07. The number of nitrogens with zero attached hydrogens (tertiary/aromatic N) is 1. The normalized spacial score (nSPS) is 10.6. The summed E-state index contributed by atoms with van der Waals surface area (Å²) in [5, 5.41) is 0. The molecule has 0 amide bonds. The summed E-state index contributed by atoms with van der Waals surface area (Å²) in [6.45, 7) is 9.20. The maximum atomic E-state index is 5.65. The zero-order valence-corrected chi connectivity index (χ0v) is 10.2. The van der Waals surface area contributed by atoms with E-state index in [0.717, 1.165) is 31.7 Å². The molecule has 0 saturated carbocycles. The molecule has 0 unspecified atom stereocenters. The molecular formula is C14H22N2. The Kier molecular flexibility index (Phi) is 5.65. The lowest BCUT2D eigenvalue weighted by Crippen LogP contribution is -2.27. The highest BCUT2D eigenvalue weighted by Crippen LogP contribution is 2.07. The number of hydrogen-bond donors (Lipinski definition) is 1. The third kappa shape index (κ3) is 4.49. The minimum absolute atomic E-state index is 0.834. The number of nitrogens with two attached hydrogens (primary N) is 1. The van der Waals surface area contributed by atoms with Crippen LogP contribution in [0.4, 0.5) is 5.69 Å². The van der Waals surface area contributed by atoms with Crippen molar-refractivity contribution in [1.29, 1.82) is 0 Å². The zero-order chi connectivity index (χ0) is 11.8. The highest BCUT2D eigenvalue weighted by Gasteiger charge is 2.01. The van der Waals surface area contributed by atoms with Gasteiger partial charge in [-0.25, -0.2) is 0 Å². The van der Waals surface area contributed by atoms with Gasteiger partial charge >= 0.3 is 0 Å². The summed E-state index contributed by atoms with van der Waals surface area (Å²) in [5.41, 5.74) is 7.83. The molecule has 0 saturated heterocycles. The van der Waals surface area contributed by atoms with E-state index in [-0.39, 0.29) is 0 Å². The summed E-state index contributed by atoms with van der Waals surface area (Å²) in [7, 11) is 0. The van der Waals surface area contributed by atoms with Gasteiger partial charge in [0.2, 0.25) is 0 Å². The molecule has 0 heterocycles. The minimum atomic E-state index is 0.834. The second-order valence-corrected chi connectivity index (χ2v) is 4.08. The van der Waals surface area contributed by atoms with Crippen LogP contribution in [-0.2, 0) is 6.42 Å². The van der Waals surface area contributed by atoms with E-state index in [0.29, 0.717) is 0 Å². The van der Waals surface area contributed by atoms with Crippen LogP contribution in [-0.4, -0.2) is 24.5 Å². The third-order valence-corrected chi connectivity index (χ3v) is 2.62. The predicted octanol–water partition coefficient (Wildman–Crippen LogP) is 2.71. The molecule has 0 fully saturated rings. The fourth-order valence-electron chi connectivity index (χ4n) is 1.76. The maximum absolute atomic E-state index is 5.65. The van der Waals surface area contributed by atoms with Crippen LogP contribution >= 0.6 is 0 Å². The standard InChI is InChI=1S/C14H22N2/c1-3-10-16(11-4-2)12-9-13-5-7-14(15)8-6-13/h3,5-8H,1,4,9-12,15H2,2H3. The zero-order valence-electron chi connectivity index (χ0n) is 10.2. The van der Waals surface area contributed by atoms with Gasteiger partial charge in [0, 0.05) is 18.8 Å². The van der Waals surface area contributed by atoms with Gasteiger partial charge in [0.05, 0.1) is 0 Å². The van der Waals surface area contributed by atoms with Crippen molar-refractivity contribution in [3.05, 3.63) is 42.5 Å². The Labute approximate surface area is 98.8 Å². The van der Waals surface area contributed by atoms with Crippen LogP contribution < -0.4 is 5.73 Å². The molecule has 0 spiro atoms. The first kappa shape index (κ1) is 12.8. The van der Waals surface area contributed by atoms with Crippen LogP contribution in [0.25, 0.3) is 0 Å². The van der Waals surface area contributed by atoms with E-state index in [1.807, 2.05) is 18.2 Å². The first-order chi connectivity index (χ1) is 7.76. The van der Waals surface area contributed by atoms with E-state index >= 15 is 0 Å². The number of anilines is 1. The predicted molar refractivity (Wildman–Crippen MR) is 71.5 cm³/mol. The van der Waals surface area contributed by atoms with Crippen molar-refractivity contribution >= 4 is 5.69 Å². The summed E-state index contributed by atoms with van der Waals surface area (Å²) in [6.07, 6.45) is 4.24. The smallest absolute Gasteiger partial charge is 0.0314 e. The van der Waals surface area contributed by atoms with Gasteiger partial charge in [-0.15, -0.1) is 6.58 Å². The summed E-state index contributed by atoms with van der Waals surface area (Å²) in [4.78, 5) is 2.42. The Hall–Kier alpha value is -1.28. The maximum Gasteiger partial charge on any atom is 0.0314 e. The van der Waals surface area contributed by atoms with Crippen molar-refractivity contribution in [2.45, 2.75) is 19.8 Å². The molecule has 0 radical (unpaired) electrons. The molecule has 0 aliphatic heterocycles. The highest BCUT2D eigenvalue weighted by molar-refractivity contribution is 5.39. The third-order valence-electron chi connectivity index (χ3n) is 2.62. The molecule has 2 nitrogen and oxygen atoms in total. The minimum Gasteiger partial charge on any atom is -0.399 e. The Morgan fingerprint density at radius 3 is 2.50 bits per heavy atom. The van der Waals surface area contributed by atoms with Crippen LogP contribution in [0.2, 0.25) is 0 Å². The molecule has 0 aliphatic rings. The molecular weight excluding hydrogens is 196 g/mol. The van der Waals surface area contributed by atoms with Crippen molar-refractivity contribution in [3.63, 3.8) is 0 Å². The quantitative estimate of drug-likeness (QED) is 0.563. The van der Waals surface area contributed by atoms with E-state index in [9.17, 15) is 0 Å². The molecule has 1 aromatic carbocycles. The van der Waals surface area contributed by atoms with Gasteiger partial charge in [0.1, 0.15) is 0 Å². The van der Waals surface area contributed by atoms with Crippen molar-refractivity contribution in [2.75, 3.05) is 25.4 Å². The van der Waals surface area contributed by atoms with E-state index in [4.69, 9.17) is 5.73 Å². The second-order valence-electron chi connectivity index (χ2n) is 4.08. The lowest BCUT2D eigenvalue weighted by molar-refractivity contribution is 0.307. The molecule has 88 valence electrons. The number of rotatable bonds is 7. The van der Waals surface area contributed by atoms with Gasteiger partial charge in [-0.3, -0.25) is 4.90 Å². The van der Waals surface area contributed by atoms with E-state index in [1.54, 1.807) is 0 Å². The largest absolute Gasteiger partial charge is 0.399 e. The average molecular weight is 218 g/mol. The van der Waals surface area contributed by atoms with Crippen molar-refractivity contribution in [1.82, 2.24) is 4.90 Å². The number of nitrogen functional groups attached to an aromatic ring is 1. The number of benzene rings is 1. The van der Waals surface area contributed by atoms with Crippen molar-refractivity contribution < 1.29 is 0 Å². The summed E-state index contributed by atoms with van der Waals surface area (Å²) in [6, 6.07) is 8.14. The van der Waals surface area contributed by atoms with E-state index < -0.39 is 0 Å². The molecule has 2 N–H and O–H groups in total. The van der Waals surface area contributed by atoms with E-state index in [1.165, 1.54) is 12.0 Å². The van der Waals surface area contributed by atoms with Crippen LogP contribution in [0, 0.1) is 0 Å². The lowest BCUT2D eigenvalue weighted by Gasteiger charge is -2.19. The van der Waals surface area contributed by atoms with Gasteiger partial charge in [0.25, 0.3) is 0 Å². The van der Waals surface area contributed by atoms with Crippen molar-refractivity contribution in [2.24, 2.45) is 0 Å². The first-order valence-corrected chi connectivity index (χ1v) is 5.94. The van der Waals surface area contributed by atoms with Gasteiger partial charge < -0.3 is 5.73 Å². The Balaban J connectivity index is 2.41. The molecule has 16 heavy (non-hydrogen) atoms. The molecule has 0 atom stereocenters. The molecule has 0 aliphatic carbocycles. The van der Waals surface area contributed by atoms with Gasteiger partial charge in [0.15, 0.2) is 0 Å². The van der Waals surface area contributed by atoms with Crippen molar-refractivity contribution in [3.8, 4) is 0 Å². The van der Waals surface area contributed by atoms with Crippen LogP contribution in [0.1, 0.15) is 18.9 Å². The lowest BCUT2D eigenvalue weighted by atomic mass is 10.1. The fourth-order valence-corrected chi connectivity index (χ4v) is 1.76. The summed E-state index contributed by atoms with van der Waals surface area (Å²) in [5.74, 6) is 0. The number of hydrogen-bond acceptors (Lipinski definition) is 2. The van der Waals surface area contributed by atoms with Crippen LogP contribution in [0.5, 0.6) is 0 Å². The SMILES string of the molecule is C=CCN(CCC)CCc1ccc(N)cc1. The molecule has 0 aromatic heterocycles. The Bertz CT molecular complexity index is 303. The van der Waals surface area contributed by atoms with Crippen LogP contribution in [0.15, 0.2) is 36.9 Å². The molecule has 1 rings (SSSR count). The molecule has 1 aromatic rings. The monoisotopic (exact) mass is 218 g/mol. The van der Waals surface area contributed by atoms with Gasteiger partial charge in [-0.05, 0) is 37.1 Å². The van der Waals surface area contributed by atoms with Crippen LogP contribution in [0.3, 0.4) is 0 Å². The highest BCUT2D eigenvalue weighted by atomic mass is 15.1.